The SMILES string of the molecule is COc1cc(C2CCN(C)CC2)ccc1Nc1nccc(Nc2cccnc2-c2ccccn2)n1.COc1cc(Nc2nccc(Nc3ccc(C)nc3-c3ccccn3)n2)ccc1C1CCN(C)CC1.COc1cc(Nc2nccc(Nc3cccnc3-c3ccccn3)n2)ccc1C1CCN(C)CC1.COc1cc(Nc2nccc(Nc3cccnc3-c3ccccn3)n2)ccc1C1CCOCC1. The molecule has 4 aromatic carbocycles. The Morgan fingerprint density at radius 1 is 0.264 bits per heavy atom. The molecule has 0 bridgehead atoms. The van der Waals surface area contributed by atoms with Gasteiger partial charge in [0.25, 0.3) is 0 Å². The van der Waals surface area contributed by atoms with Crippen molar-refractivity contribution in [3.05, 3.63) is 315 Å². The number of aromatic nitrogens is 16. The summed E-state index contributed by atoms with van der Waals surface area (Å²) in [7, 11) is 13.4. The van der Waals surface area contributed by atoms with E-state index < -0.39 is 0 Å². The highest BCUT2D eigenvalue weighted by Crippen LogP contribution is 2.42. The van der Waals surface area contributed by atoms with Gasteiger partial charge in [0.05, 0.1) is 79.7 Å². The number of ether oxygens (including phenoxy) is 5. The number of benzene rings is 4. The Labute approximate surface area is 815 Å². The molecular weight excluding hydrogens is 1760 g/mol. The molecule has 20 rings (SSSR count). The Morgan fingerprint density at radius 2 is 0.586 bits per heavy atom. The van der Waals surface area contributed by atoms with Crippen molar-refractivity contribution in [2.45, 2.75) is 82.0 Å². The Balaban J connectivity index is 0.000000129. The molecule has 712 valence electrons. The third-order valence-corrected chi connectivity index (χ3v) is 24.9. The minimum Gasteiger partial charge on any atom is -0.496 e. The summed E-state index contributed by atoms with van der Waals surface area (Å²) in [5, 5.41) is 26.7. The molecule has 12 aromatic heterocycles. The van der Waals surface area contributed by atoms with Crippen molar-refractivity contribution in [2.75, 3.05) is 145 Å². The lowest BCUT2D eigenvalue weighted by atomic mass is 9.89. The van der Waals surface area contributed by atoms with Crippen molar-refractivity contribution in [1.82, 2.24) is 94.4 Å². The van der Waals surface area contributed by atoms with Gasteiger partial charge in [0, 0.05) is 122 Å². The Kier molecular flexibility index (Phi) is 32.5. The molecule has 0 radical (unpaired) electrons. The van der Waals surface area contributed by atoms with Gasteiger partial charge in [-0.05, 0) is 316 Å². The average Bonchev–Trinajstić information content (AvgIpc) is 0.816. The molecule has 4 aliphatic heterocycles. The van der Waals surface area contributed by atoms with E-state index >= 15 is 0 Å². The summed E-state index contributed by atoms with van der Waals surface area (Å²) in [5.74, 6) is 10.0. The number of piperidine rings is 3. The summed E-state index contributed by atoms with van der Waals surface area (Å²) in [6.07, 6.45) is 28.1. The number of hydrogen-bond acceptors (Lipinski definition) is 32. The fourth-order valence-electron chi connectivity index (χ4n) is 17.4. The number of likely N-dealkylation sites (tertiary alicyclic amines) is 3. The zero-order valence-electron chi connectivity index (χ0n) is 79.8. The summed E-state index contributed by atoms with van der Waals surface area (Å²) in [6, 6.07) is 70.9. The fourth-order valence-corrected chi connectivity index (χ4v) is 17.4. The molecule has 0 saturated carbocycles. The lowest BCUT2D eigenvalue weighted by Gasteiger charge is -2.30. The second-order valence-corrected chi connectivity index (χ2v) is 34.4. The van der Waals surface area contributed by atoms with Crippen LogP contribution in [0.15, 0.2) is 287 Å². The first-order valence-corrected chi connectivity index (χ1v) is 47.1. The van der Waals surface area contributed by atoms with Gasteiger partial charge >= 0.3 is 0 Å². The van der Waals surface area contributed by atoms with Gasteiger partial charge < -0.3 is 80.9 Å². The lowest BCUT2D eigenvalue weighted by Crippen LogP contribution is -2.29. The van der Waals surface area contributed by atoms with Crippen LogP contribution in [0.2, 0.25) is 0 Å². The van der Waals surface area contributed by atoms with Crippen LogP contribution in [0.25, 0.3) is 45.6 Å². The van der Waals surface area contributed by atoms with Crippen molar-refractivity contribution in [3.8, 4) is 68.5 Å². The number of rotatable bonds is 28. The molecule has 32 nitrogen and oxygen atoms in total. The zero-order valence-corrected chi connectivity index (χ0v) is 79.8. The van der Waals surface area contributed by atoms with E-state index in [4.69, 9.17) is 28.7 Å². The average molecular weight is 1870 g/mol. The Bertz CT molecular complexity index is 6720. The van der Waals surface area contributed by atoms with E-state index in [9.17, 15) is 0 Å². The van der Waals surface area contributed by atoms with E-state index in [1.807, 2.05) is 177 Å². The molecule has 16 heterocycles. The number of nitrogens with one attached hydrogen (secondary N) is 8. The minimum atomic E-state index is 0.453. The highest BCUT2D eigenvalue weighted by molar-refractivity contribution is 5.80. The summed E-state index contributed by atoms with van der Waals surface area (Å²) in [4.78, 5) is 79.2. The van der Waals surface area contributed by atoms with E-state index in [1.165, 1.54) is 22.3 Å². The smallest absolute Gasteiger partial charge is 0.229 e. The molecule has 4 saturated heterocycles. The van der Waals surface area contributed by atoms with Crippen LogP contribution >= 0.6 is 0 Å². The zero-order chi connectivity index (χ0) is 96.1. The van der Waals surface area contributed by atoms with E-state index in [0.29, 0.717) is 70.7 Å². The highest BCUT2D eigenvalue weighted by atomic mass is 16.5. The second kappa shape index (κ2) is 47.5. The summed E-state index contributed by atoms with van der Waals surface area (Å²) < 4.78 is 28.4. The van der Waals surface area contributed by atoms with Crippen molar-refractivity contribution in [2.24, 2.45) is 0 Å². The third kappa shape index (κ3) is 25.6. The summed E-state index contributed by atoms with van der Waals surface area (Å²) >= 11 is 0. The van der Waals surface area contributed by atoms with E-state index in [1.54, 1.807) is 96.6 Å². The molecule has 4 aliphatic rings. The fraction of sp³-hybridized carbons (Fsp3) is 0.259. The van der Waals surface area contributed by atoms with E-state index in [0.717, 1.165) is 224 Å². The van der Waals surface area contributed by atoms with Gasteiger partial charge in [0.2, 0.25) is 23.8 Å². The topological polar surface area (TPSA) is 358 Å². The predicted molar refractivity (Wildman–Crippen MR) is 552 cm³/mol. The van der Waals surface area contributed by atoms with Crippen molar-refractivity contribution in [1.29, 1.82) is 0 Å². The van der Waals surface area contributed by atoms with E-state index in [-0.39, 0.29) is 0 Å². The first kappa shape index (κ1) is 95.6. The molecule has 16 aromatic rings. The van der Waals surface area contributed by atoms with Gasteiger partial charge in [-0.25, -0.2) is 24.9 Å². The standard InChI is InChI=1S/C28H31N7O.2C27H29N7O.C26H26N6O2/c1-19-7-10-24(27(31-19)23-6-4-5-14-29-23)33-26-11-15-30-28(34-26)32-21-8-9-22(25(18-21)36-3)20-12-16-35(2)17-13-20;1-34-16-11-19(12-17-34)21-9-8-20(18-24(21)35-2)31-27-30-15-10-25(33-27)32-23-7-5-14-29-26(23)22-6-3-4-13-28-22;1-34-16-11-19(12-17-34)20-8-9-21(24(18-20)35-2)32-27-30-15-10-25(33-27)31-23-7-5-14-29-26(23)22-6-3-4-13-28-22;1-33-23-17-19(7-8-20(23)18-10-15-34-16-11-18)30-26-29-14-9-24(32-26)31-22-6-4-13-28-25(22)21-5-2-3-12-27-21/h4-11,14-15,18,20H,12-13,16-17H2,1-3H3,(H2,30,32,33,34);2*3-10,13-15,18-19H,11-12,16-17H2,1-2H3,(H2,30,31,32,33);2-9,12-14,17-18H,10-11,15-16H2,1H3,(H2,29,30,31,32). The van der Waals surface area contributed by atoms with Crippen LogP contribution in [-0.2, 0) is 4.74 Å². The number of nitrogens with zero attached hydrogens (tertiary/aromatic N) is 19. The molecule has 140 heavy (non-hydrogen) atoms. The monoisotopic (exact) mass is 1870 g/mol. The first-order chi connectivity index (χ1) is 68.8. The van der Waals surface area contributed by atoms with Crippen molar-refractivity contribution in [3.63, 3.8) is 0 Å². The normalized spacial score (nSPS) is 14.3. The van der Waals surface area contributed by atoms with Crippen molar-refractivity contribution >= 4 is 92.6 Å². The Hall–Kier alpha value is -16.2. The molecular formula is C108H115N27O5. The van der Waals surface area contributed by atoms with Crippen LogP contribution < -0.4 is 61.5 Å². The van der Waals surface area contributed by atoms with Crippen LogP contribution in [0.4, 0.5) is 92.6 Å². The van der Waals surface area contributed by atoms with Gasteiger partial charge in [-0.2, -0.15) is 19.9 Å². The van der Waals surface area contributed by atoms with Gasteiger partial charge in [-0.1, -0.05) is 48.5 Å². The van der Waals surface area contributed by atoms with Gasteiger partial charge in [0.15, 0.2) is 0 Å². The summed E-state index contributed by atoms with van der Waals surface area (Å²) in [6.45, 7) is 10.2. The molecule has 32 heteroatoms. The predicted octanol–water partition coefficient (Wildman–Crippen LogP) is 21.3. The highest BCUT2D eigenvalue weighted by Gasteiger charge is 2.27. The number of aryl methyl sites for hydroxylation is 1. The Morgan fingerprint density at radius 3 is 0.936 bits per heavy atom. The summed E-state index contributed by atoms with van der Waals surface area (Å²) in [5.41, 5.74) is 18.9. The third-order valence-electron chi connectivity index (χ3n) is 24.9. The van der Waals surface area contributed by atoms with Crippen molar-refractivity contribution < 1.29 is 23.7 Å². The van der Waals surface area contributed by atoms with Crippen LogP contribution in [0.1, 0.15) is 103 Å². The van der Waals surface area contributed by atoms with Gasteiger partial charge in [0.1, 0.15) is 69.0 Å². The molecule has 0 atom stereocenters. The maximum Gasteiger partial charge on any atom is 0.229 e. The molecule has 0 spiro atoms. The molecule has 0 unspecified atom stereocenters. The lowest BCUT2D eigenvalue weighted by molar-refractivity contribution is 0.0848. The van der Waals surface area contributed by atoms with E-state index in [2.05, 4.69) is 202 Å². The number of methoxy groups -OCH3 is 4. The van der Waals surface area contributed by atoms with Crippen LogP contribution in [0.3, 0.4) is 0 Å². The second-order valence-electron chi connectivity index (χ2n) is 34.4. The maximum atomic E-state index is 5.75. The van der Waals surface area contributed by atoms with Crippen LogP contribution in [-0.4, -0.2) is 197 Å². The van der Waals surface area contributed by atoms with Crippen LogP contribution in [0, 0.1) is 6.92 Å². The van der Waals surface area contributed by atoms with Gasteiger partial charge in [-0.15, -0.1) is 0 Å². The minimum absolute atomic E-state index is 0.453. The maximum absolute atomic E-state index is 5.75. The largest absolute Gasteiger partial charge is 0.496 e. The number of anilines is 16. The molecule has 8 N–H and O–H groups in total. The van der Waals surface area contributed by atoms with Gasteiger partial charge in [-0.3, -0.25) is 34.9 Å². The molecule has 0 aliphatic carbocycles. The first-order valence-electron chi connectivity index (χ1n) is 47.1. The molecule has 0 amide bonds. The van der Waals surface area contributed by atoms with Crippen LogP contribution in [0.5, 0.6) is 23.0 Å². The quantitative estimate of drug-likeness (QED) is 0.0226. The number of hydrogen-bond donors (Lipinski definition) is 8. The molecule has 4 fully saturated rings. The number of pyridine rings is 8.